The topological polar surface area (TPSA) is 23.8 Å². The molecule has 1 aromatic rings. The lowest BCUT2D eigenvalue weighted by atomic mass is 10.2. The highest BCUT2D eigenvalue weighted by Crippen LogP contribution is 2.21. The Morgan fingerprint density at radius 3 is 2.83 bits per heavy atom. The Kier molecular flexibility index (Phi) is 3.62. The van der Waals surface area contributed by atoms with Crippen LogP contribution >= 0.6 is 11.8 Å². The summed E-state index contributed by atoms with van der Waals surface area (Å²) >= 11 is 1.37. The molecule has 0 heterocycles. The first-order chi connectivity index (χ1) is 5.88. The summed E-state index contributed by atoms with van der Waals surface area (Å²) in [6.45, 7) is -0.357. The van der Waals surface area contributed by atoms with Crippen molar-refractivity contribution in [2.24, 2.45) is 0 Å². The molecule has 0 radical (unpaired) electrons. The van der Waals surface area contributed by atoms with Gasteiger partial charge in [-0.1, -0.05) is 12.1 Å². The maximum absolute atomic E-state index is 11.8. The van der Waals surface area contributed by atoms with Gasteiger partial charge in [0.15, 0.2) is 0 Å². The van der Waals surface area contributed by atoms with E-state index in [1.165, 1.54) is 11.8 Å². The van der Waals surface area contributed by atoms with Crippen molar-refractivity contribution < 1.29 is 4.39 Å². The van der Waals surface area contributed by atoms with Gasteiger partial charge >= 0.3 is 0 Å². The Hall–Kier alpha value is -1.01. The molecular formula is C9H8FNS. The number of rotatable bonds is 3. The highest BCUT2D eigenvalue weighted by molar-refractivity contribution is 7.99. The van der Waals surface area contributed by atoms with Crippen LogP contribution in [-0.4, -0.2) is 12.4 Å². The largest absolute Gasteiger partial charge is 0.250 e. The van der Waals surface area contributed by atoms with E-state index in [1.807, 2.05) is 12.1 Å². The molecule has 1 nitrogen and oxygen atoms in total. The summed E-state index contributed by atoms with van der Waals surface area (Å²) in [7, 11) is 0. The normalized spacial score (nSPS) is 9.33. The molecule has 12 heavy (non-hydrogen) atoms. The van der Waals surface area contributed by atoms with E-state index >= 15 is 0 Å². The highest BCUT2D eigenvalue weighted by atomic mass is 32.2. The molecule has 1 rings (SSSR count). The predicted molar refractivity (Wildman–Crippen MR) is 47.9 cm³/mol. The zero-order valence-electron chi connectivity index (χ0n) is 6.46. The van der Waals surface area contributed by atoms with Gasteiger partial charge < -0.3 is 0 Å². The lowest BCUT2D eigenvalue weighted by Gasteiger charge is -1.99. The molecule has 0 aromatic heterocycles. The van der Waals surface area contributed by atoms with Crippen molar-refractivity contribution >= 4 is 11.8 Å². The van der Waals surface area contributed by atoms with Crippen LogP contribution < -0.4 is 0 Å². The smallest absolute Gasteiger partial charge is 0.100 e. The van der Waals surface area contributed by atoms with Gasteiger partial charge in [0.05, 0.1) is 12.2 Å². The van der Waals surface area contributed by atoms with Crippen LogP contribution in [0.25, 0.3) is 0 Å². The molecule has 0 aliphatic heterocycles. The first-order valence-corrected chi connectivity index (χ1v) is 4.55. The van der Waals surface area contributed by atoms with Gasteiger partial charge in [0.2, 0.25) is 0 Å². The van der Waals surface area contributed by atoms with Crippen LogP contribution in [0.2, 0.25) is 0 Å². The van der Waals surface area contributed by atoms with Gasteiger partial charge in [0.25, 0.3) is 0 Å². The van der Waals surface area contributed by atoms with Gasteiger partial charge in [0.1, 0.15) is 6.07 Å². The van der Waals surface area contributed by atoms with Crippen molar-refractivity contribution in [1.82, 2.24) is 0 Å². The molecule has 0 aliphatic rings. The Balaban J connectivity index is 2.77. The lowest BCUT2D eigenvalue weighted by Crippen LogP contribution is -1.83. The summed E-state index contributed by atoms with van der Waals surface area (Å²) in [4.78, 5) is 0.859. The predicted octanol–water partition coefficient (Wildman–Crippen LogP) is 2.62. The molecule has 0 saturated heterocycles. The monoisotopic (exact) mass is 181 g/mol. The number of benzene rings is 1. The Labute approximate surface area is 75.2 Å². The van der Waals surface area contributed by atoms with E-state index in [4.69, 9.17) is 5.26 Å². The Morgan fingerprint density at radius 2 is 2.17 bits per heavy atom. The van der Waals surface area contributed by atoms with Gasteiger partial charge in [-0.05, 0) is 12.1 Å². The number of alkyl halides is 1. The molecule has 3 heteroatoms. The van der Waals surface area contributed by atoms with Crippen LogP contribution in [0.4, 0.5) is 4.39 Å². The van der Waals surface area contributed by atoms with Crippen LogP contribution in [0.15, 0.2) is 29.2 Å². The van der Waals surface area contributed by atoms with E-state index in [-0.39, 0.29) is 6.67 Å². The summed E-state index contributed by atoms with van der Waals surface area (Å²) < 4.78 is 11.8. The van der Waals surface area contributed by atoms with Crippen LogP contribution in [0.3, 0.4) is 0 Å². The fourth-order valence-electron chi connectivity index (χ4n) is 0.833. The summed E-state index contributed by atoms with van der Waals surface area (Å²) in [5.74, 6) is 0.415. The van der Waals surface area contributed by atoms with Crippen LogP contribution in [0, 0.1) is 11.3 Å². The maximum Gasteiger partial charge on any atom is 0.100 e. The fourth-order valence-corrected chi connectivity index (χ4v) is 1.57. The number of hydrogen-bond donors (Lipinski definition) is 0. The van der Waals surface area contributed by atoms with Gasteiger partial charge in [0, 0.05) is 10.6 Å². The van der Waals surface area contributed by atoms with E-state index in [9.17, 15) is 4.39 Å². The molecular weight excluding hydrogens is 173 g/mol. The van der Waals surface area contributed by atoms with Crippen molar-refractivity contribution in [1.29, 1.82) is 5.26 Å². The summed E-state index contributed by atoms with van der Waals surface area (Å²) in [5, 5.41) is 8.66. The molecule has 0 aliphatic carbocycles. The van der Waals surface area contributed by atoms with Gasteiger partial charge in [-0.15, -0.1) is 11.8 Å². The molecule has 0 saturated carbocycles. The third-order valence-electron chi connectivity index (χ3n) is 1.34. The molecule has 0 atom stereocenters. The lowest BCUT2D eigenvalue weighted by molar-refractivity contribution is 0.533. The quantitative estimate of drug-likeness (QED) is 0.669. The Morgan fingerprint density at radius 1 is 1.42 bits per heavy atom. The summed E-state index contributed by atoms with van der Waals surface area (Å²) in [5.41, 5.74) is 0.621. The molecule has 0 fully saturated rings. The molecule has 0 amide bonds. The molecule has 0 spiro atoms. The second kappa shape index (κ2) is 4.78. The van der Waals surface area contributed by atoms with E-state index in [1.54, 1.807) is 12.1 Å². The minimum atomic E-state index is -0.357. The standard InChI is InChI=1S/C9H8FNS/c10-5-6-12-9-4-2-1-3-8(9)7-11/h1-4H,5-6H2. The van der Waals surface area contributed by atoms with Crippen molar-refractivity contribution in [3.63, 3.8) is 0 Å². The summed E-state index contributed by atoms with van der Waals surface area (Å²) in [6.07, 6.45) is 0. The van der Waals surface area contributed by atoms with Crippen LogP contribution in [0.5, 0.6) is 0 Å². The number of hydrogen-bond acceptors (Lipinski definition) is 2. The Bertz CT molecular complexity index is 293. The third-order valence-corrected chi connectivity index (χ3v) is 2.37. The minimum Gasteiger partial charge on any atom is -0.250 e. The fraction of sp³-hybridized carbons (Fsp3) is 0.222. The molecule has 0 unspecified atom stereocenters. The SMILES string of the molecule is N#Cc1ccccc1SCCF. The molecule has 0 bridgehead atoms. The second-order valence-corrected chi connectivity index (χ2v) is 3.28. The molecule has 62 valence electrons. The van der Waals surface area contributed by atoms with Crippen molar-refractivity contribution in [3.8, 4) is 6.07 Å². The minimum absolute atomic E-state index is 0.357. The maximum atomic E-state index is 11.8. The van der Waals surface area contributed by atoms with E-state index < -0.39 is 0 Å². The van der Waals surface area contributed by atoms with E-state index in [0.29, 0.717) is 11.3 Å². The van der Waals surface area contributed by atoms with Gasteiger partial charge in [-0.25, -0.2) is 0 Å². The zero-order valence-corrected chi connectivity index (χ0v) is 7.27. The van der Waals surface area contributed by atoms with Crippen LogP contribution in [0.1, 0.15) is 5.56 Å². The average molecular weight is 181 g/mol. The zero-order chi connectivity index (χ0) is 8.81. The third kappa shape index (κ3) is 2.24. The molecule has 1 aromatic carbocycles. The van der Waals surface area contributed by atoms with E-state index in [2.05, 4.69) is 6.07 Å². The number of nitrogens with zero attached hydrogens (tertiary/aromatic N) is 1. The number of nitriles is 1. The number of thioether (sulfide) groups is 1. The van der Waals surface area contributed by atoms with E-state index in [0.717, 1.165) is 4.90 Å². The molecule has 0 N–H and O–H groups in total. The average Bonchev–Trinajstić information content (AvgIpc) is 2.15. The second-order valence-electron chi connectivity index (χ2n) is 2.15. The first kappa shape index (κ1) is 9.08. The first-order valence-electron chi connectivity index (χ1n) is 3.56. The van der Waals surface area contributed by atoms with Gasteiger partial charge in [-0.3, -0.25) is 4.39 Å². The highest BCUT2D eigenvalue weighted by Gasteiger charge is 1.99. The van der Waals surface area contributed by atoms with Crippen LogP contribution in [-0.2, 0) is 0 Å². The summed E-state index contributed by atoms with van der Waals surface area (Å²) in [6, 6.07) is 9.28. The van der Waals surface area contributed by atoms with Gasteiger partial charge in [-0.2, -0.15) is 5.26 Å². The number of halogens is 1. The van der Waals surface area contributed by atoms with Crippen molar-refractivity contribution in [2.75, 3.05) is 12.4 Å². The van der Waals surface area contributed by atoms with Crippen molar-refractivity contribution in [2.45, 2.75) is 4.90 Å². The van der Waals surface area contributed by atoms with Crippen molar-refractivity contribution in [3.05, 3.63) is 29.8 Å².